The molecule has 0 rings (SSSR count). The molecule has 9 heavy (non-hydrogen) atoms. The summed E-state index contributed by atoms with van der Waals surface area (Å²) in [5, 5.41) is 18.7. The van der Waals surface area contributed by atoms with Crippen LogP contribution in [0.25, 0.3) is 0 Å². The maximum atomic E-state index is 9.91. The van der Waals surface area contributed by atoms with E-state index in [1.165, 1.54) is 0 Å². The van der Waals surface area contributed by atoms with E-state index in [0.717, 1.165) is 0 Å². The zero-order chi connectivity index (χ0) is 7.28. The van der Waals surface area contributed by atoms with E-state index in [1.807, 2.05) is 0 Å². The minimum Gasteiger partial charge on any atom is -0.465 e. The molecule has 0 saturated carbocycles. The Labute approximate surface area is 53.5 Å². The maximum Gasteiger partial charge on any atom is 0.404 e. The van der Waals surface area contributed by atoms with Crippen molar-refractivity contribution >= 4 is 6.09 Å². The van der Waals surface area contributed by atoms with Gasteiger partial charge in [0, 0.05) is 0 Å². The van der Waals surface area contributed by atoms with Gasteiger partial charge in [-0.15, -0.1) is 0 Å². The molecule has 4 nitrogen and oxygen atoms in total. The molecule has 4 heteroatoms. The number of hydrogen-bond acceptors (Lipinski definition) is 2. The summed E-state index contributed by atoms with van der Waals surface area (Å²) in [5.74, 6) is 0. The first-order chi connectivity index (χ1) is 4.20. The summed E-state index contributed by atoms with van der Waals surface area (Å²) in [5.41, 5.74) is 0. The van der Waals surface area contributed by atoms with Crippen molar-refractivity contribution in [3.63, 3.8) is 0 Å². The molecule has 0 aromatic rings. The molecule has 0 spiro atoms. The van der Waals surface area contributed by atoms with Gasteiger partial charge in [-0.3, -0.25) is 0 Å². The lowest BCUT2D eigenvalue weighted by Crippen LogP contribution is -2.35. The summed E-state index contributed by atoms with van der Waals surface area (Å²) in [6.07, 6.45) is -0.473. The zero-order valence-electron chi connectivity index (χ0n) is 5.29. The second-order valence-electron chi connectivity index (χ2n) is 1.74. The highest BCUT2D eigenvalue weighted by atomic mass is 16.4. The van der Waals surface area contributed by atoms with E-state index in [-0.39, 0.29) is 12.6 Å². The van der Waals surface area contributed by atoms with Crippen molar-refractivity contribution in [2.45, 2.75) is 19.4 Å². The Morgan fingerprint density at radius 1 is 1.78 bits per heavy atom. The molecule has 0 aliphatic heterocycles. The van der Waals surface area contributed by atoms with Gasteiger partial charge in [0.1, 0.15) is 0 Å². The van der Waals surface area contributed by atoms with Crippen LogP contribution in [0, 0.1) is 0 Å². The molecular weight excluding hydrogens is 122 g/mol. The summed E-state index contributed by atoms with van der Waals surface area (Å²) >= 11 is 0. The largest absolute Gasteiger partial charge is 0.465 e. The van der Waals surface area contributed by atoms with Gasteiger partial charge >= 0.3 is 6.09 Å². The fraction of sp³-hybridized carbons (Fsp3) is 0.800. The van der Waals surface area contributed by atoms with Crippen LogP contribution >= 0.6 is 0 Å². The first kappa shape index (κ1) is 8.23. The second-order valence-corrected chi connectivity index (χ2v) is 1.74. The number of carbonyl (C=O) groups is 1. The molecule has 3 N–H and O–H groups in total. The molecule has 0 aromatic heterocycles. The number of carboxylic acid groups (broad SMARTS) is 1. The average Bonchev–Trinajstić information content (AvgIpc) is 1.82. The summed E-state index contributed by atoms with van der Waals surface area (Å²) in [6.45, 7) is 1.67. The molecule has 0 bridgehead atoms. The van der Waals surface area contributed by atoms with Crippen LogP contribution in [0.5, 0.6) is 0 Å². The third-order valence-corrected chi connectivity index (χ3v) is 1.04. The highest BCUT2D eigenvalue weighted by molar-refractivity contribution is 5.64. The van der Waals surface area contributed by atoms with Crippen LogP contribution in [0.15, 0.2) is 0 Å². The molecule has 0 saturated heterocycles. The van der Waals surface area contributed by atoms with Gasteiger partial charge in [0.25, 0.3) is 0 Å². The van der Waals surface area contributed by atoms with Crippen molar-refractivity contribution in [1.82, 2.24) is 5.32 Å². The van der Waals surface area contributed by atoms with Gasteiger partial charge in [0.15, 0.2) is 0 Å². The van der Waals surface area contributed by atoms with Crippen molar-refractivity contribution in [3.8, 4) is 0 Å². The summed E-state index contributed by atoms with van der Waals surface area (Å²) in [6, 6.07) is -0.317. The van der Waals surface area contributed by atoms with Crippen LogP contribution < -0.4 is 5.32 Å². The maximum absolute atomic E-state index is 9.91. The van der Waals surface area contributed by atoms with Crippen LogP contribution in [0.4, 0.5) is 4.79 Å². The Kier molecular flexibility index (Phi) is 3.79. The van der Waals surface area contributed by atoms with Gasteiger partial charge in [0.05, 0.1) is 12.6 Å². The molecule has 1 amide bonds. The lowest BCUT2D eigenvalue weighted by molar-refractivity contribution is 0.176. The number of aliphatic hydroxyl groups is 1. The van der Waals surface area contributed by atoms with E-state index in [1.54, 1.807) is 6.92 Å². The first-order valence-electron chi connectivity index (χ1n) is 2.81. The first-order valence-corrected chi connectivity index (χ1v) is 2.81. The molecule has 0 radical (unpaired) electrons. The van der Waals surface area contributed by atoms with Gasteiger partial charge in [-0.05, 0) is 6.42 Å². The minimum absolute atomic E-state index is 0.136. The lowest BCUT2D eigenvalue weighted by Gasteiger charge is -2.09. The molecule has 0 unspecified atom stereocenters. The van der Waals surface area contributed by atoms with Crippen molar-refractivity contribution in [2.24, 2.45) is 0 Å². The van der Waals surface area contributed by atoms with Gasteiger partial charge in [-0.2, -0.15) is 0 Å². The zero-order valence-corrected chi connectivity index (χ0v) is 5.29. The van der Waals surface area contributed by atoms with Crippen LogP contribution in [0.2, 0.25) is 0 Å². The summed E-state index contributed by atoms with van der Waals surface area (Å²) in [4.78, 5) is 9.91. The fourth-order valence-electron chi connectivity index (χ4n) is 0.451. The summed E-state index contributed by atoms with van der Waals surface area (Å²) in [7, 11) is 0. The Hall–Kier alpha value is -0.770. The topological polar surface area (TPSA) is 69.6 Å². The van der Waals surface area contributed by atoms with Crippen LogP contribution in [-0.4, -0.2) is 29.0 Å². The molecule has 1 atom stereocenters. The normalized spacial score (nSPS) is 12.7. The van der Waals surface area contributed by atoms with Crippen LogP contribution in [0.3, 0.4) is 0 Å². The van der Waals surface area contributed by atoms with Crippen molar-refractivity contribution < 1.29 is 15.0 Å². The van der Waals surface area contributed by atoms with E-state index in [4.69, 9.17) is 10.2 Å². The highest BCUT2D eigenvalue weighted by Gasteiger charge is 2.05. The monoisotopic (exact) mass is 133 g/mol. The smallest absolute Gasteiger partial charge is 0.404 e. The van der Waals surface area contributed by atoms with E-state index in [2.05, 4.69) is 5.32 Å². The fourth-order valence-corrected chi connectivity index (χ4v) is 0.451. The molecular formula is C5H11NO3. The van der Waals surface area contributed by atoms with Crippen molar-refractivity contribution in [2.75, 3.05) is 6.61 Å². The SMILES string of the molecule is CC[C@H](CO)NC(=O)O. The number of amides is 1. The predicted octanol–water partition coefficient (Wildman–Crippen LogP) is 0.0249. The molecule has 54 valence electrons. The Morgan fingerprint density at radius 2 is 2.33 bits per heavy atom. The Bertz CT molecular complexity index is 90.2. The van der Waals surface area contributed by atoms with Crippen molar-refractivity contribution in [1.29, 1.82) is 0 Å². The van der Waals surface area contributed by atoms with Gasteiger partial charge in [-0.25, -0.2) is 4.79 Å². The van der Waals surface area contributed by atoms with E-state index >= 15 is 0 Å². The Balaban J connectivity index is 3.43. The molecule has 0 heterocycles. The van der Waals surface area contributed by atoms with Gasteiger partial charge in [0.2, 0.25) is 0 Å². The van der Waals surface area contributed by atoms with Crippen molar-refractivity contribution in [3.05, 3.63) is 0 Å². The predicted molar refractivity (Wildman–Crippen MR) is 32.3 cm³/mol. The standard InChI is InChI=1S/C5H11NO3/c1-2-4(3-7)6-5(8)9/h4,6-7H,2-3H2,1H3,(H,8,9)/t4-/m1/s1. The number of nitrogens with one attached hydrogen (secondary N) is 1. The number of rotatable bonds is 3. The molecule has 0 aliphatic carbocycles. The summed E-state index contributed by atoms with van der Waals surface area (Å²) < 4.78 is 0. The van der Waals surface area contributed by atoms with Crippen LogP contribution in [-0.2, 0) is 0 Å². The lowest BCUT2D eigenvalue weighted by atomic mass is 10.2. The molecule has 0 aliphatic rings. The quantitative estimate of drug-likeness (QED) is 0.508. The second kappa shape index (κ2) is 4.14. The number of aliphatic hydroxyl groups excluding tert-OH is 1. The van der Waals surface area contributed by atoms with E-state index in [0.29, 0.717) is 6.42 Å². The Morgan fingerprint density at radius 3 is 2.44 bits per heavy atom. The third-order valence-electron chi connectivity index (χ3n) is 1.04. The molecule has 0 aromatic carbocycles. The van der Waals surface area contributed by atoms with E-state index in [9.17, 15) is 4.79 Å². The highest BCUT2D eigenvalue weighted by Crippen LogP contribution is 1.86. The van der Waals surface area contributed by atoms with Gasteiger partial charge < -0.3 is 15.5 Å². The van der Waals surface area contributed by atoms with Crippen LogP contribution in [0.1, 0.15) is 13.3 Å². The third kappa shape index (κ3) is 3.78. The minimum atomic E-state index is -1.09. The number of hydrogen-bond donors (Lipinski definition) is 3. The molecule has 0 fully saturated rings. The average molecular weight is 133 g/mol. The van der Waals surface area contributed by atoms with E-state index < -0.39 is 6.09 Å². The van der Waals surface area contributed by atoms with Gasteiger partial charge in [-0.1, -0.05) is 6.92 Å².